The number of carboxylic acids is 1. The normalized spacial score (nSPS) is 14.6. The van der Waals surface area contributed by atoms with Gasteiger partial charge in [-0.15, -0.1) is 0 Å². The van der Waals surface area contributed by atoms with E-state index in [0.717, 1.165) is 0 Å². The van der Waals surface area contributed by atoms with Crippen LogP contribution in [0.5, 0.6) is 0 Å². The number of nitrogens with zero attached hydrogens (tertiary/aromatic N) is 1. The molecule has 0 amide bonds. The standard InChI is InChI=1S/C14H21NO2/c1-5-13(14(16)17)15(4)11(3)12-9-7-6-8-10(12)2/h6-9,11,13H,5H2,1-4H3,(H,16,17). The van der Waals surface area contributed by atoms with Gasteiger partial charge in [-0.1, -0.05) is 31.2 Å². The van der Waals surface area contributed by atoms with Gasteiger partial charge in [-0.25, -0.2) is 0 Å². The average Bonchev–Trinajstić information content (AvgIpc) is 2.29. The lowest BCUT2D eigenvalue weighted by atomic mass is 10.00. The van der Waals surface area contributed by atoms with E-state index < -0.39 is 12.0 Å². The lowest BCUT2D eigenvalue weighted by Crippen LogP contribution is -2.39. The van der Waals surface area contributed by atoms with Gasteiger partial charge in [0.05, 0.1) is 0 Å². The number of carboxylic acid groups (broad SMARTS) is 1. The average molecular weight is 235 g/mol. The Hall–Kier alpha value is -1.35. The van der Waals surface area contributed by atoms with Crippen molar-refractivity contribution in [2.45, 2.75) is 39.3 Å². The fourth-order valence-electron chi connectivity index (χ4n) is 2.18. The molecule has 2 unspecified atom stereocenters. The molecule has 1 aromatic rings. The van der Waals surface area contributed by atoms with Gasteiger partial charge >= 0.3 is 5.97 Å². The molecule has 0 aliphatic heterocycles. The van der Waals surface area contributed by atoms with E-state index >= 15 is 0 Å². The van der Waals surface area contributed by atoms with Crippen LogP contribution in [0, 0.1) is 6.92 Å². The molecule has 0 fully saturated rings. The molecule has 1 N–H and O–H groups in total. The van der Waals surface area contributed by atoms with Crippen molar-refractivity contribution in [1.29, 1.82) is 0 Å². The second kappa shape index (κ2) is 5.82. The predicted octanol–water partition coefficient (Wildman–Crippen LogP) is 2.85. The number of carbonyl (C=O) groups is 1. The lowest BCUT2D eigenvalue weighted by molar-refractivity contribution is -0.143. The van der Waals surface area contributed by atoms with Gasteiger partial charge in [0.25, 0.3) is 0 Å². The van der Waals surface area contributed by atoms with Crippen molar-refractivity contribution in [1.82, 2.24) is 4.90 Å². The Balaban J connectivity index is 2.93. The maximum absolute atomic E-state index is 11.2. The van der Waals surface area contributed by atoms with Crippen molar-refractivity contribution in [3.05, 3.63) is 35.4 Å². The second-order valence-corrected chi connectivity index (χ2v) is 4.46. The van der Waals surface area contributed by atoms with Crippen molar-refractivity contribution in [3.63, 3.8) is 0 Å². The zero-order valence-corrected chi connectivity index (χ0v) is 11.0. The summed E-state index contributed by atoms with van der Waals surface area (Å²) >= 11 is 0. The summed E-state index contributed by atoms with van der Waals surface area (Å²) < 4.78 is 0. The fraction of sp³-hybridized carbons (Fsp3) is 0.500. The smallest absolute Gasteiger partial charge is 0.320 e. The lowest BCUT2D eigenvalue weighted by Gasteiger charge is -2.31. The van der Waals surface area contributed by atoms with E-state index in [-0.39, 0.29) is 6.04 Å². The van der Waals surface area contributed by atoms with E-state index in [1.807, 2.05) is 37.9 Å². The number of hydrogen-bond donors (Lipinski definition) is 1. The highest BCUT2D eigenvalue weighted by atomic mass is 16.4. The number of hydrogen-bond acceptors (Lipinski definition) is 2. The molecular formula is C14H21NO2. The number of likely N-dealkylation sites (N-methyl/N-ethyl adjacent to an activating group) is 1. The maximum atomic E-state index is 11.2. The fourth-order valence-corrected chi connectivity index (χ4v) is 2.18. The molecule has 3 nitrogen and oxygen atoms in total. The van der Waals surface area contributed by atoms with Crippen molar-refractivity contribution in [3.8, 4) is 0 Å². The van der Waals surface area contributed by atoms with Crippen LogP contribution in [0.3, 0.4) is 0 Å². The van der Waals surface area contributed by atoms with E-state index in [1.165, 1.54) is 11.1 Å². The Morgan fingerprint density at radius 3 is 2.47 bits per heavy atom. The summed E-state index contributed by atoms with van der Waals surface area (Å²) in [6.45, 7) is 6.01. The quantitative estimate of drug-likeness (QED) is 0.853. The van der Waals surface area contributed by atoms with E-state index in [0.29, 0.717) is 6.42 Å². The first-order chi connectivity index (χ1) is 7.99. The third kappa shape index (κ3) is 3.07. The molecule has 0 heterocycles. The van der Waals surface area contributed by atoms with E-state index in [4.69, 9.17) is 5.11 Å². The van der Waals surface area contributed by atoms with Gasteiger partial charge < -0.3 is 5.11 Å². The van der Waals surface area contributed by atoms with Gasteiger partial charge in [0.15, 0.2) is 0 Å². The van der Waals surface area contributed by atoms with Crippen LogP contribution in [0.4, 0.5) is 0 Å². The van der Waals surface area contributed by atoms with Gasteiger partial charge in [0.1, 0.15) is 6.04 Å². The predicted molar refractivity (Wildman–Crippen MR) is 69.1 cm³/mol. The molecule has 0 radical (unpaired) electrons. The zero-order chi connectivity index (χ0) is 13.0. The Bertz CT molecular complexity index is 390. The summed E-state index contributed by atoms with van der Waals surface area (Å²) in [6, 6.07) is 7.79. The Morgan fingerprint density at radius 1 is 1.41 bits per heavy atom. The number of aliphatic carboxylic acids is 1. The third-order valence-corrected chi connectivity index (χ3v) is 3.41. The van der Waals surface area contributed by atoms with Crippen LogP contribution in [0.2, 0.25) is 0 Å². The van der Waals surface area contributed by atoms with Crippen molar-refractivity contribution < 1.29 is 9.90 Å². The topological polar surface area (TPSA) is 40.5 Å². The van der Waals surface area contributed by atoms with E-state index in [1.54, 1.807) is 0 Å². The van der Waals surface area contributed by atoms with Gasteiger partial charge in [0.2, 0.25) is 0 Å². The van der Waals surface area contributed by atoms with Crippen LogP contribution in [0.25, 0.3) is 0 Å². The Kier molecular flexibility index (Phi) is 4.70. The molecule has 3 heteroatoms. The summed E-state index contributed by atoms with van der Waals surface area (Å²) in [7, 11) is 1.87. The summed E-state index contributed by atoms with van der Waals surface area (Å²) in [4.78, 5) is 13.1. The molecule has 0 bridgehead atoms. The van der Waals surface area contributed by atoms with Crippen molar-refractivity contribution in [2.24, 2.45) is 0 Å². The van der Waals surface area contributed by atoms with Crippen LogP contribution < -0.4 is 0 Å². The molecule has 0 saturated heterocycles. The molecule has 0 aromatic heterocycles. The van der Waals surface area contributed by atoms with Gasteiger partial charge in [0, 0.05) is 6.04 Å². The highest BCUT2D eigenvalue weighted by Gasteiger charge is 2.25. The first-order valence-electron chi connectivity index (χ1n) is 5.99. The van der Waals surface area contributed by atoms with Crippen molar-refractivity contribution in [2.75, 3.05) is 7.05 Å². The highest BCUT2D eigenvalue weighted by Crippen LogP contribution is 2.24. The monoisotopic (exact) mass is 235 g/mol. The molecule has 17 heavy (non-hydrogen) atoms. The van der Waals surface area contributed by atoms with Gasteiger partial charge in [-0.3, -0.25) is 9.69 Å². The largest absolute Gasteiger partial charge is 0.480 e. The van der Waals surface area contributed by atoms with Crippen LogP contribution in [0.1, 0.15) is 37.4 Å². The summed E-state index contributed by atoms with van der Waals surface area (Å²) in [5, 5.41) is 9.17. The molecular weight excluding hydrogens is 214 g/mol. The minimum absolute atomic E-state index is 0.109. The third-order valence-electron chi connectivity index (χ3n) is 3.41. The van der Waals surface area contributed by atoms with E-state index in [2.05, 4.69) is 19.1 Å². The molecule has 0 saturated carbocycles. The molecule has 0 aliphatic carbocycles. The van der Waals surface area contributed by atoms with Gasteiger partial charge in [-0.05, 0) is 38.4 Å². The molecule has 94 valence electrons. The van der Waals surface area contributed by atoms with Crippen LogP contribution >= 0.6 is 0 Å². The summed E-state index contributed by atoms with van der Waals surface area (Å²) in [5.41, 5.74) is 2.39. The van der Waals surface area contributed by atoms with Crippen molar-refractivity contribution >= 4 is 5.97 Å². The molecule has 0 aliphatic rings. The second-order valence-electron chi connectivity index (χ2n) is 4.46. The summed E-state index contributed by atoms with van der Waals surface area (Å²) in [5.74, 6) is -0.754. The molecule has 1 aromatic carbocycles. The first kappa shape index (κ1) is 13.7. The molecule has 1 rings (SSSR count). The van der Waals surface area contributed by atoms with Crippen LogP contribution in [-0.4, -0.2) is 29.1 Å². The summed E-state index contributed by atoms with van der Waals surface area (Å²) in [6.07, 6.45) is 0.613. The highest BCUT2D eigenvalue weighted by molar-refractivity contribution is 5.73. The SMILES string of the molecule is CCC(C(=O)O)N(C)C(C)c1ccccc1C. The number of benzene rings is 1. The number of rotatable bonds is 5. The van der Waals surface area contributed by atoms with E-state index in [9.17, 15) is 4.79 Å². The Morgan fingerprint density at radius 2 is 2.00 bits per heavy atom. The molecule has 0 spiro atoms. The molecule has 2 atom stereocenters. The zero-order valence-electron chi connectivity index (χ0n) is 11.0. The minimum Gasteiger partial charge on any atom is -0.480 e. The first-order valence-corrected chi connectivity index (χ1v) is 5.99. The Labute approximate surface area is 103 Å². The minimum atomic E-state index is -0.754. The number of aryl methyl sites for hydroxylation is 1. The van der Waals surface area contributed by atoms with Gasteiger partial charge in [-0.2, -0.15) is 0 Å². The van der Waals surface area contributed by atoms with Crippen LogP contribution in [-0.2, 0) is 4.79 Å². The van der Waals surface area contributed by atoms with Crippen LogP contribution in [0.15, 0.2) is 24.3 Å². The maximum Gasteiger partial charge on any atom is 0.320 e.